The van der Waals surface area contributed by atoms with E-state index in [1.807, 2.05) is 0 Å². The van der Waals surface area contributed by atoms with Gasteiger partial charge in [0.25, 0.3) is 0 Å². The fourth-order valence-electron chi connectivity index (χ4n) is 1.74. The number of carbonyl (C=O) groups is 1. The Bertz CT molecular complexity index is 603. The van der Waals surface area contributed by atoms with Gasteiger partial charge in [-0.25, -0.2) is 14.2 Å². The van der Waals surface area contributed by atoms with E-state index in [-0.39, 0.29) is 5.69 Å². The second-order valence-electron chi connectivity index (χ2n) is 3.91. The number of carboxylic acid groups (broad SMARTS) is 1. The zero-order chi connectivity index (χ0) is 13.4. The molecule has 2 aromatic heterocycles. The first-order chi connectivity index (χ1) is 8.41. The number of aromatic nitrogens is 3. The molecule has 5 nitrogen and oxygen atoms in total. The van der Waals surface area contributed by atoms with Crippen molar-refractivity contribution >= 4 is 17.3 Å². The van der Waals surface area contributed by atoms with Gasteiger partial charge in [-0.15, -0.1) is 11.3 Å². The predicted octanol–water partition coefficient (Wildman–Crippen LogP) is 2.58. The van der Waals surface area contributed by atoms with E-state index in [2.05, 4.69) is 10.1 Å². The molecule has 0 saturated heterocycles. The Balaban J connectivity index is 2.56. The maximum absolute atomic E-state index is 13.3. The quantitative estimate of drug-likeness (QED) is 0.929. The molecule has 96 valence electrons. The lowest BCUT2D eigenvalue weighted by molar-refractivity contribution is 0.0686. The molecule has 0 aliphatic carbocycles. The maximum atomic E-state index is 13.3. The van der Waals surface area contributed by atoms with Crippen molar-refractivity contribution in [3.63, 3.8) is 0 Å². The molecule has 0 fully saturated rings. The first kappa shape index (κ1) is 12.7. The highest BCUT2D eigenvalue weighted by Gasteiger charge is 2.22. The molecule has 0 bridgehead atoms. The Labute approximate surface area is 107 Å². The topological polar surface area (TPSA) is 68.0 Å². The van der Waals surface area contributed by atoms with Gasteiger partial charge in [-0.05, 0) is 13.8 Å². The van der Waals surface area contributed by atoms with E-state index in [1.165, 1.54) is 29.1 Å². The van der Waals surface area contributed by atoms with Crippen LogP contribution in [0, 0.1) is 6.92 Å². The molecule has 1 atom stereocenters. The third-order valence-electron chi connectivity index (χ3n) is 2.58. The first-order valence-corrected chi connectivity index (χ1v) is 6.10. The fraction of sp³-hybridized carbons (Fsp3) is 0.364. The summed E-state index contributed by atoms with van der Waals surface area (Å²) in [5.74, 6) is -1.08. The molecule has 0 radical (unpaired) electrons. The van der Waals surface area contributed by atoms with Crippen molar-refractivity contribution < 1.29 is 14.3 Å². The second kappa shape index (κ2) is 4.49. The van der Waals surface area contributed by atoms with Crippen molar-refractivity contribution in [1.82, 2.24) is 14.8 Å². The van der Waals surface area contributed by atoms with Gasteiger partial charge in [0.2, 0.25) is 0 Å². The van der Waals surface area contributed by atoms with Gasteiger partial charge < -0.3 is 5.11 Å². The van der Waals surface area contributed by atoms with Crippen molar-refractivity contribution in [2.75, 3.05) is 0 Å². The second-order valence-corrected chi connectivity index (χ2v) is 5.12. The molecule has 0 aromatic carbocycles. The molecule has 0 spiro atoms. The smallest absolute Gasteiger partial charge is 0.354 e. The molecule has 18 heavy (non-hydrogen) atoms. The summed E-state index contributed by atoms with van der Waals surface area (Å²) in [4.78, 5) is 16.1. The summed E-state index contributed by atoms with van der Waals surface area (Å²) in [6.07, 6.45) is 0.272. The number of rotatable bonds is 3. The summed E-state index contributed by atoms with van der Waals surface area (Å²) in [7, 11) is 1.55. The van der Waals surface area contributed by atoms with Crippen LogP contribution in [-0.2, 0) is 7.05 Å². The van der Waals surface area contributed by atoms with Crippen LogP contribution in [0.15, 0.2) is 6.20 Å². The monoisotopic (exact) mass is 269 g/mol. The summed E-state index contributed by atoms with van der Waals surface area (Å²) >= 11 is 1.27. The summed E-state index contributed by atoms with van der Waals surface area (Å²) in [5, 5.41) is 13.5. The summed E-state index contributed by atoms with van der Waals surface area (Å²) in [6.45, 7) is 3.18. The zero-order valence-electron chi connectivity index (χ0n) is 10.1. The standard InChI is InChI=1S/C11H12FN3O2S/c1-5(12)8-6(2)18-10(14-8)7-4-13-15(3)9(7)11(16)17/h4-5H,1-3H3,(H,16,17). The number of carboxylic acids is 1. The zero-order valence-corrected chi connectivity index (χ0v) is 11.0. The van der Waals surface area contributed by atoms with E-state index < -0.39 is 12.1 Å². The lowest BCUT2D eigenvalue weighted by Crippen LogP contribution is -2.06. The third-order valence-corrected chi connectivity index (χ3v) is 3.60. The Morgan fingerprint density at radius 2 is 2.28 bits per heavy atom. The van der Waals surface area contributed by atoms with Crippen LogP contribution in [0.25, 0.3) is 10.6 Å². The number of hydrogen-bond donors (Lipinski definition) is 1. The Kier molecular flexibility index (Phi) is 3.16. The highest BCUT2D eigenvalue weighted by Crippen LogP contribution is 2.33. The van der Waals surface area contributed by atoms with Gasteiger partial charge in [-0.1, -0.05) is 0 Å². The van der Waals surface area contributed by atoms with E-state index >= 15 is 0 Å². The average molecular weight is 269 g/mol. The van der Waals surface area contributed by atoms with Crippen molar-refractivity contribution in [2.24, 2.45) is 7.05 Å². The summed E-state index contributed by atoms with van der Waals surface area (Å²) < 4.78 is 14.6. The van der Waals surface area contributed by atoms with Crippen molar-refractivity contribution in [3.05, 3.63) is 22.5 Å². The molecule has 2 heterocycles. The predicted molar refractivity (Wildman–Crippen MR) is 65.5 cm³/mol. The molecular formula is C11H12FN3O2S. The SMILES string of the molecule is Cc1sc(-c2cnn(C)c2C(=O)O)nc1C(C)F. The molecule has 0 amide bonds. The number of alkyl halides is 1. The lowest BCUT2D eigenvalue weighted by Gasteiger charge is -1.98. The van der Waals surface area contributed by atoms with Crippen LogP contribution in [0.1, 0.15) is 34.2 Å². The van der Waals surface area contributed by atoms with Crippen molar-refractivity contribution in [3.8, 4) is 10.6 Å². The van der Waals surface area contributed by atoms with Gasteiger partial charge in [0.05, 0.1) is 17.5 Å². The number of thiazole rings is 1. The largest absolute Gasteiger partial charge is 0.477 e. The minimum atomic E-state index is -1.17. The Hall–Kier alpha value is -1.76. The number of halogens is 1. The summed E-state index contributed by atoms with van der Waals surface area (Å²) in [6, 6.07) is 0. The fourth-order valence-corrected chi connectivity index (χ4v) is 2.75. The van der Waals surface area contributed by atoms with Crippen LogP contribution in [0.4, 0.5) is 4.39 Å². The van der Waals surface area contributed by atoms with Gasteiger partial charge in [-0.3, -0.25) is 4.68 Å². The van der Waals surface area contributed by atoms with Crippen LogP contribution in [-0.4, -0.2) is 25.8 Å². The molecule has 2 rings (SSSR count). The van der Waals surface area contributed by atoms with E-state index in [0.29, 0.717) is 16.3 Å². The molecule has 2 aromatic rings. The highest BCUT2D eigenvalue weighted by molar-refractivity contribution is 7.15. The molecular weight excluding hydrogens is 257 g/mol. The minimum Gasteiger partial charge on any atom is -0.477 e. The van der Waals surface area contributed by atoms with Crippen LogP contribution >= 0.6 is 11.3 Å². The van der Waals surface area contributed by atoms with Gasteiger partial charge in [0.1, 0.15) is 11.2 Å². The van der Waals surface area contributed by atoms with E-state index in [9.17, 15) is 9.18 Å². The van der Waals surface area contributed by atoms with Crippen LogP contribution in [0.2, 0.25) is 0 Å². The highest BCUT2D eigenvalue weighted by atomic mass is 32.1. The molecule has 0 aliphatic heterocycles. The lowest BCUT2D eigenvalue weighted by atomic mass is 10.2. The molecule has 1 unspecified atom stereocenters. The number of hydrogen-bond acceptors (Lipinski definition) is 4. The van der Waals surface area contributed by atoms with Gasteiger partial charge >= 0.3 is 5.97 Å². The maximum Gasteiger partial charge on any atom is 0.354 e. The Morgan fingerprint density at radius 1 is 1.61 bits per heavy atom. The van der Waals surface area contributed by atoms with Gasteiger partial charge in [-0.2, -0.15) is 5.10 Å². The molecule has 0 saturated carbocycles. The number of nitrogens with zero attached hydrogens (tertiary/aromatic N) is 3. The van der Waals surface area contributed by atoms with E-state index in [0.717, 1.165) is 4.88 Å². The normalized spacial score (nSPS) is 12.7. The van der Waals surface area contributed by atoms with Crippen molar-refractivity contribution in [1.29, 1.82) is 0 Å². The Morgan fingerprint density at radius 3 is 2.78 bits per heavy atom. The van der Waals surface area contributed by atoms with Gasteiger partial charge in [0, 0.05) is 11.9 Å². The van der Waals surface area contributed by atoms with Gasteiger partial charge in [0.15, 0.2) is 5.69 Å². The average Bonchev–Trinajstić information content (AvgIpc) is 2.81. The first-order valence-electron chi connectivity index (χ1n) is 5.29. The van der Waals surface area contributed by atoms with E-state index in [1.54, 1.807) is 14.0 Å². The summed E-state index contributed by atoms with van der Waals surface area (Å²) in [5.41, 5.74) is 0.835. The van der Waals surface area contributed by atoms with Crippen molar-refractivity contribution in [2.45, 2.75) is 20.0 Å². The number of aromatic carboxylic acids is 1. The minimum absolute atomic E-state index is 0.0572. The molecule has 1 N–H and O–H groups in total. The van der Waals surface area contributed by atoms with Crippen LogP contribution < -0.4 is 0 Å². The number of aryl methyl sites for hydroxylation is 2. The van der Waals surface area contributed by atoms with Crippen LogP contribution in [0.3, 0.4) is 0 Å². The third kappa shape index (κ3) is 2.01. The molecule has 7 heteroatoms. The molecule has 0 aliphatic rings. The van der Waals surface area contributed by atoms with E-state index in [4.69, 9.17) is 5.11 Å². The van der Waals surface area contributed by atoms with Crippen LogP contribution in [0.5, 0.6) is 0 Å².